The van der Waals surface area contributed by atoms with Crippen LogP contribution in [0.15, 0.2) is 36.4 Å². The number of aromatic amines is 1. The molecule has 0 unspecified atom stereocenters. The fourth-order valence-electron chi connectivity index (χ4n) is 2.61. The molecule has 0 fully saturated rings. The summed E-state index contributed by atoms with van der Waals surface area (Å²) in [7, 11) is 0. The third-order valence-electron chi connectivity index (χ3n) is 3.81. The van der Waals surface area contributed by atoms with Crippen LogP contribution in [0.1, 0.15) is 16.2 Å². The SMILES string of the molecule is O=C(Nc1ccc2c(c1)OCCO2)c1ccc2nc(C(F)(F)F)[nH]c2c1. The summed E-state index contributed by atoms with van der Waals surface area (Å²) in [5.74, 6) is -0.454. The second kappa shape index (κ2) is 5.94. The highest BCUT2D eigenvalue weighted by molar-refractivity contribution is 6.06. The molecule has 9 heteroatoms. The highest BCUT2D eigenvalue weighted by Crippen LogP contribution is 2.33. The summed E-state index contributed by atoms with van der Waals surface area (Å²) in [6.45, 7) is 0.880. The number of alkyl halides is 3. The molecule has 0 saturated carbocycles. The lowest BCUT2D eigenvalue weighted by atomic mass is 10.2. The Labute approximate surface area is 144 Å². The van der Waals surface area contributed by atoms with Crippen LogP contribution in [0.25, 0.3) is 11.0 Å². The lowest BCUT2D eigenvalue weighted by molar-refractivity contribution is -0.144. The molecule has 0 aliphatic carbocycles. The molecule has 4 rings (SSSR count). The van der Waals surface area contributed by atoms with Gasteiger partial charge in [0.15, 0.2) is 11.5 Å². The molecule has 2 heterocycles. The molecule has 1 amide bonds. The average Bonchev–Trinajstić information content (AvgIpc) is 3.05. The largest absolute Gasteiger partial charge is 0.486 e. The van der Waals surface area contributed by atoms with Gasteiger partial charge in [-0.2, -0.15) is 13.2 Å². The van der Waals surface area contributed by atoms with Gasteiger partial charge in [-0.3, -0.25) is 4.79 Å². The van der Waals surface area contributed by atoms with E-state index in [9.17, 15) is 18.0 Å². The number of amides is 1. The summed E-state index contributed by atoms with van der Waals surface area (Å²) in [6, 6.07) is 9.06. The molecular weight excluding hydrogens is 351 g/mol. The Morgan fingerprint density at radius 1 is 1.08 bits per heavy atom. The topological polar surface area (TPSA) is 76.2 Å². The van der Waals surface area contributed by atoms with Crippen LogP contribution >= 0.6 is 0 Å². The first-order valence-electron chi connectivity index (χ1n) is 7.68. The van der Waals surface area contributed by atoms with Crippen LogP contribution in [0.5, 0.6) is 11.5 Å². The molecule has 6 nitrogen and oxygen atoms in total. The van der Waals surface area contributed by atoms with Crippen molar-refractivity contribution in [2.75, 3.05) is 18.5 Å². The number of benzene rings is 2. The number of carbonyl (C=O) groups is 1. The number of nitrogens with one attached hydrogen (secondary N) is 2. The highest BCUT2D eigenvalue weighted by Gasteiger charge is 2.34. The summed E-state index contributed by atoms with van der Waals surface area (Å²) in [4.78, 5) is 18.0. The number of fused-ring (bicyclic) bond motifs is 2. The first-order chi connectivity index (χ1) is 12.4. The van der Waals surface area contributed by atoms with Crippen molar-refractivity contribution in [2.24, 2.45) is 0 Å². The van der Waals surface area contributed by atoms with Gasteiger partial charge in [0, 0.05) is 17.3 Å². The maximum absolute atomic E-state index is 12.7. The minimum atomic E-state index is -4.58. The smallest absolute Gasteiger partial charge is 0.449 e. The van der Waals surface area contributed by atoms with Gasteiger partial charge in [0.05, 0.1) is 11.0 Å². The second-order valence-corrected chi connectivity index (χ2v) is 5.63. The van der Waals surface area contributed by atoms with Crippen LogP contribution in [0.3, 0.4) is 0 Å². The number of nitrogens with zero attached hydrogens (tertiary/aromatic N) is 1. The summed E-state index contributed by atoms with van der Waals surface area (Å²) in [5.41, 5.74) is 0.949. The zero-order valence-electron chi connectivity index (χ0n) is 13.2. The number of hydrogen-bond donors (Lipinski definition) is 2. The third-order valence-corrected chi connectivity index (χ3v) is 3.81. The Morgan fingerprint density at radius 2 is 1.85 bits per heavy atom. The van der Waals surface area contributed by atoms with E-state index in [0.29, 0.717) is 30.4 Å². The number of anilines is 1. The Morgan fingerprint density at radius 3 is 2.62 bits per heavy atom. The van der Waals surface area contributed by atoms with Crippen LogP contribution in [0.2, 0.25) is 0 Å². The first kappa shape index (κ1) is 16.2. The van der Waals surface area contributed by atoms with Crippen molar-refractivity contribution >= 4 is 22.6 Å². The number of H-pyrrole nitrogens is 1. The van der Waals surface area contributed by atoms with Crippen molar-refractivity contribution < 1.29 is 27.4 Å². The lowest BCUT2D eigenvalue weighted by Crippen LogP contribution is -2.16. The molecule has 1 aromatic heterocycles. The van der Waals surface area contributed by atoms with Crippen molar-refractivity contribution in [3.8, 4) is 11.5 Å². The highest BCUT2D eigenvalue weighted by atomic mass is 19.4. The van der Waals surface area contributed by atoms with E-state index in [1.165, 1.54) is 18.2 Å². The van der Waals surface area contributed by atoms with E-state index >= 15 is 0 Å². The molecule has 0 saturated heterocycles. The van der Waals surface area contributed by atoms with Gasteiger partial charge in [0.1, 0.15) is 13.2 Å². The Bertz CT molecular complexity index is 998. The number of carbonyl (C=O) groups excluding carboxylic acids is 1. The summed E-state index contributed by atoms with van der Waals surface area (Å²) in [6.07, 6.45) is -4.58. The van der Waals surface area contributed by atoms with Crippen molar-refractivity contribution in [1.29, 1.82) is 0 Å². The van der Waals surface area contributed by atoms with Crippen molar-refractivity contribution in [3.63, 3.8) is 0 Å². The summed E-state index contributed by atoms with van der Waals surface area (Å²) < 4.78 is 49.0. The number of aromatic nitrogens is 2. The van der Waals surface area contributed by atoms with Crippen molar-refractivity contribution in [1.82, 2.24) is 9.97 Å². The zero-order valence-corrected chi connectivity index (χ0v) is 13.2. The standard InChI is InChI=1S/C17H12F3N3O3/c18-17(19,20)16-22-11-3-1-9(7-12(11)23-16)15(24)21-10-2-4-13-14(8-10)26-6-5-25-13/h1-4,7-8H,5-6H2,(H,21,24)(H,22,23). The fourth-order valence-corrected chi connectivity index (χ4v) is 2.61. The van der Waals surface area contributed by atoms with Crippen LogP contribution in [-0.4, -0.2) is 29.1 Å². The van der Waals surface area contributed by atoms with E-state index < -0.39 is 17.9 Å². The summed E-state index contributed by atoms with van der Waals surface area (Å²) >= 11 is 0. The van der Waals surface area contributed by atoms with Crippen molar-refractivity contribution in [2.45, 2.75) is 6.18 Å². The molecule has 134 valence electrons. The molecule has 2 N–H and O–H groups in total. The Hall–Kier alpha value is -3.23. The van der Waals surface area contributed by atoms with Gasteiger partial charge in [-0.05, 0) is 30.3 Å². The Balaban J connectivity index is 1.58. The van der Waals surface area contributed by atoms with Crippen LogP contribution < -0.4 is 14.8 Å². The van der Waals surface area contributed by atoms with Gasteiger partial charge in [-0.25, -0.2) is 4.98 Å². The van der Waals surface area contributed by atoms with Crippen LogP contribution in [-0.2, 0) is 6.18 Å². The lowest BCUT2D eigenvalue weighted by Gasteiger charge is -2.19. The average molecular weight is 363 g/mol. The predicted molar refractivity (Wildman–Crippen MR) is 86.5 cm³/mol. The Kier molecular flexibility index (Phi) is 3.71. The third kappa shape index (κ3) is 3.03. The van der Waals surface area contributed by atoms with Gasteiger partial charge in [0.2, 0.25) is 5.82 Å². The zero-order chi connectivity index (χ0) is 18.3. The predicted octanol–water partition coefficient (Wildman–Crippen LogP) is 3.61. The maximum Gasteiger partial charge on any atom is 0.449 e. The van der Waals surface area contributed by atoms with Gasteiger partial charge in [0.25, 0.3) is 5.91 Å². The number of imidazole rings is 1. The molecule has 0 atom stereocenters. The van der Waals surface area contributed by atoms with E-state index in [0.717, 1.165) is 0 Å². The first-order valence-corrected chi connectivity index (χ1v) is 7.68. The molecular formula is C17H12F3N3O3. The molecule has 0 radical (unpaired) electrons. The summed E-state index contributed by atoms with van der Waals surface area (Å²) in [5, 5.41) is 2.68. The molecule has 0 bridgehead atoms. The quantitative estimate of drug-likeness (QED) is 0.729. The number of rotatable bonds is 2. The normalized spacial score (nSPS) is 13.7. The maximum atomic E-state index is 12.7. The van der Waals surface area contributed by atoms with E-state index in [-0.39, 0.29) is 16.6 Å². The molecule has 1 aliphatic heterocycles. The second-order valence-electron chi connectivity index (χ2n) is 5.63. The van der Waals surface area contributed by atoms with E-state index in [1.54, 1.807) is 18.2 Å². The number of halogens is 3. The van der Waals surface area contributed by atoms with Crippen LogP contribution in [0.4, 0.5) is 18.9 Å². The molecule has 3 aromatic rings. The van der Waals surface area contributed by atoms with E-state index in [2.05, 4.69) is 15.3 Å². The minimum absolute atomic E-state index is 0.132. The van der Waals surface area contributed by atoms with Crippen molar-refractivity contribution in [3.05, 3.63) is 47.8 Å². The molecule has 2 aromatic carbocycles. The van der Waals surface area contributed by atoms with Crippen LogP contribution in [0, 0.1) is 0 Å². The van der Waals surface area contributed by atoms with Gasteiger partial charge in [-0.15, -0.1) is 0 Å². The number of hydrogen-bond acceptors (Lipinski definition) is 4. The van der Waals surface area contributed by atoms with Gasteiger partial charge < -0.3 is 19.8 Å². The monoisotopic (exact) mass is 363 g/mol. The van der Waals surface area contributed by atoms with Gasteiger partial charge >= 0.3 is 6.18 Å². The molecule has 26 heavy (non-hydrogen) atoms. The van der Waals surface area contributed by atoms with E-state index in [4.69, 9.17) is 9.47 Å². The molecule has 1 aliphatic rings. The number of ether oxygens (including phenoxy) is 2. The minimum Gasteiger partial charge on any atom is -0.486 e. The molecule has 0 spiro atoms. The fraction of sp³-hybridized carbons (Fsp3) is 0.176. The van der Waals surface area contributed by atoms with Gasteiger partial charge in [-0.1, -0.05) is 0 Å². The van der Waals surface area contributed by atoms with E-state index in [1.807, 2.05) is 0 Å².